The Morgan fingerprint density at radius 1 is 1.23 bits per heavy atom. The van der Waals surface area contributed by atoms with Gasteiger partial charge in [0, 0.05) is 11.3 Å². The van der Waals surface area contributed by atoms with Crippen molar-refractivity contribution in [1.29, 1.82) is 0 Å². The minimum atomic E-state index is -0.200. The Bertz CT molecular complexity index is 880. The molecule has 0 aliphatic carbocycles. The number of aliphatic hydroxyl groups excluding tert-OH is 1. The number of hydrogen-bond donors (Lipinski definition) is 2. The van der Waals surface area contributed by atoms with Crippen LogP contribution in [0.15, 0.2) is 58.2 Å². The normalized spacial score (nSPS) is 10.5. The summed E-state index contributed by atoms with van der Waals surface area (Å²) in [6, 6.07) is 14.3. The number of benzene rings is 2. The van der Waals surface area contributed by atoms with Gasteiger partial charge in [-0.3, -0.25) is 4.79 Å². The molecule has 26 heavy (non-hydrogen) atoms. The van der Waals surface area contributed by atoms with Crippen LogP contribution >= 0.6 is 11.8 Å². The summed E-state index contributed by atoms with van der Waals surface area (Å²) < 4.78 is 10.7. The Kier molecular flexibility index (Phi) is 5.88. The van der Waals surface area contributed by atoms with E-state index in [1.54, 1.807) is 43.5 Å². The summed E-state index contributed by atoms with van der Waals surface area (Å²) in [7, 11) is 1.60. The molecule has 0 fully saturated rings. The van der Waals surface area contributed by atoms with Crippen molar-refractivity contribution >= 4 is 23.4 Å². The second kappa shape index (κ2) is 8.50. The van der Waals surface area contributed by atoms with Gasteiger partial charge in [-0.15, -0.1) is 10.2 Å². The van der Waals surface area contributed by atoms with E-state index in [-0.39, 0.29) is 18.3 Å². The topological polar surface area (TPSA) is 97.5 Å². The van der Waals surface area contributed by atoms with Crippen molar-refractivity contribution in [3.05, 3.63) is 54.1 Å². The van der Waals surface area contributed by atoms with Crippen LogP contribution in [0.2, 0.25) is 0 Å². The number of thioether (sulfide) groups is 1. The van der Waals surface area contributed by atoms with E-state index in [0.717, 1.165) is 28.6 Å². The van der Waals surface area contributed by atoms with E-state index in [2.05, 4.69) is 15.5 Å². The van der Waals surface area contributed by atoms with Crippen LogP contribution < -0.4 is 10.1 Å². The number of aromatic nitrogens is 2. The molecule has 0 spiro atoms. The van der Waals surface area contributed by atoms with Crippen LogP contribution in [0.3, 0.4) is 0 Å². The highest BCUT2D eigenvalue weighted by molar-refractivity contribution is 7.99. The van der Waals surface area contributed by atoms with Crippen LogP contribution in [0.1, 0.15) is 5.56 Å². The zero-order valence-electron chi connectivity index (χ0n) is 14.0. The van der Waals surface area contributed by atoms with Crippen molar-refractivity contribution in [1.82, 2.24) is 10.2 Å². The number of nitrogens with one attached hydrogen (secondary N) is 1. The summed E-state index contributed by atoms with van der Waals surface area (Å²) >= 11 is 1.15. The fourth-order valence-corrected chi connectivity index (χ4v) is 2.75. The molecule has 0 radical (unpaired) electrons. The van der Waals surface area contributed by atoms with Crippen LogP contribution in [0.5, 0.6) is 5.75 Å². The number of rotatable bonds is 7. The van der Waals surface area contributed by atoms with Crippen LogP contribution in [0.4, 0.5) is 5.69 Å². The average Bonchev–Trinajstić information content (AvgIpc) is 3.15. The molecule has 3 rings (SSSR count). The average molecular weight is 371 g/mol. The van der Waals surface area contributed by atoms with Gasteiger partial charge in [0.2, 0.25) is 11.8 Å². The highest BCUT2D eigenvalue weighted by Gasteiger charge is 2.11. The smallest absolute Gasteiger partial charge is 0.277 e. The van der Waals surface area contributed by atoms with E-state index >= 15 is 0 Å². The number of carbonyl (C=O) groups is 1. The van der Waals surface area contributed by atoms with Gasteiger partial charge in [-0.05, 0) is 42.0 Å². The van der Waals surface area contributed by atoms with Gasteiger partial charge >= 0.3 is 0 Å². The Morgan fingerprint density at radius 2 is 2.04 bits per heavy atom. The first-order valence-corrected chi connectivity index (χ1v) is 8.77. The van der Waals surface area contributed by atoms with Crippen molar-refractivity contribution in [3.63, 3.8) is 0 Å². The van der Waals surface area contributed by atoms with Gasteiger partial charge in [0.1, 0.15) is 5.75 Å². The fraction of sp³-hybridized carbons (Fsp3) is 0.167. The van der Waals surface area contributed by atoms with E-state index in [0.29, 0.717) is 16.8 Å². The summed E-state index contributed by atoms with van der Waals surface area (Å²) in [6.07, 6.45) is 0. The molecule has 0 saturated carbocycles. The van der Waals surface area contributed by atoms with Crippen molar-refractivity contribution in [2.45, 2.75) is 11.8 Å². The number of aliphatic hydroxyl groups is 1. The number of anilines is 1. The predicted octanol–water partition coefficient (Wildman–Crippen LogP) is 2.97. The molecule has 1 amide bonds. The van der Waals surface area contributed by atoms with Gasteiger partial charge in [-0.1, -0.05) is 23.9 Å². The van der Waals surface area contributed by atoms with E-state index in [1.807, 2.05) is 12.1 Å². The summed E-state index contributed by atoms with van der Waals surface area (Å²) in [5.74, 6) is 1.05. The van der Waals surface area contributed by atoms with Gasteiger partial charge in [0.15, 0.2) is 0 Å². The number of hydrogen-bond acceptors (Lipinski definition) is 7. The molecule has 2 aromatic carbocycles. The van der Waals surface area contributed by atoms with Gasteiger partial charge < -0.3 is 19.6 Å². The summed E-state index contributed by atoms with van der Waals surface area (Å²) in [4.78, 5) is 12.0. The van der Waals surface area contributed by atoms with Gasteiger partial charge in [-0.25, -0.2) is 0 Å². The minimum Gasteiger partial charge on any atom is -0.497 e. The molecule has 0 aliphatic rings. The lowest BCUT2D eigenvalue weighted by molar-refractivity contribution is -0.113. The molecule has 1 aromatic heterocycles. The molecule has 3 aromatic rings. The fourth-order valence-electron chi connectivity index (χ4n) is 2.19. The summed E-state index contributed by atoms with van der Waals surface area (Å²) in [5.41, 5.74) is 2.14. The Labute approximate surface area is 154 Å². The van der Waals surface area contributed by atoms with Gasteiger partial charge in [0.05, 0.1) is 19.5 Å². The summed E-state index contributed by atoms with van der Waals surface area (Å²) in [5, 5.41) is 20.1. The third kappa shape index (κ3) is 4.62. The first-order chi connectivity index (χ1) is 12.7. The van der Waals surface area contributed by atoms with E-state index in [9.17, 15) is 4.79 Å². The van der Waals surface area contributed by atoms with Gasteiger partial charge in [0.25, 0.3) is 5.22 Å². The maximum absolute atomic E-state index is 12.0. The monoisotopic (exact) mass is 371 g/mol. The van der Waals surface area contributed by atoms with Crippen molar-refractivity contribution < 1.29 is 19.1 Å². The molecule has 0 unspecified atom stereocenters. The zero-order valence-corrected chi connectivity index (χ0v) is 14.8. The first-order valence-electron chi connectivity index (χ1n) is 7.78. The third-order valence-corrected chi connectivity index (χ3v) is 4.28. The van der Waals surface area contributed by atoms with Crippen LogP contribution in [-0.4, -0.2) is 34.1 Å². The molecular formula is C18H17N3O4S. The van der Waals surface area contributed by atoms with Crippen molar-refractivity contribution in [3.8, 4) is 17.2 Å². The lowest BCUT2D eigenvalue weighted by atomic mass is 10.2. The maximum Gasteiger partial charge on any atom is 0.277 e. The first kappa shape index (κ1) is 18.0. The second-order valence-electron chi connectivity index (χ2n) is 5.30. The standard InChI is InChI=1S/C18H17N3O4S/c1-24-15-7-5-13(6-8-15)17-20-21-18(25-17)26-11-16(23)19-14-4-2-3-12(9-14)10-22/h2-9,22H,10-11H2,1H3,(H,19,23). The molecule has 0 aliphatic heterocycles. The SMILES string of the molecule is COc1ccc(-c2nnc(SCC(=O)Nc3cccc(CO)c3)o2)cc1. The van der Waals surface area contributed by atoms with E-state index in [1.165, 1.54) is 0 Å². The number of methoxy groups -OCH3 is 1. The Morgan fingerprint density at radius 3 is 2.77 bits per heavy atom. The lowest BCUT2D eigenvalue weighted by Crippen LogP contribution is -2.14. The molecule has 2 N–H and O–H groups in total. The molecule has 0 atom stereocenters. The van der Waals surface area contributed by atoms with Crippen molar-refractivity contribution in [2.24, 2.45) is 0 Å². The highest BCUT2D eigenvalue weighted by Crippen LogP contribution is 2.25. The van der Waals surface area contributed by atoms with E-state index < -0.39 is 0 Å². The zero-order chi connectivity index (χ0) is 18.4. The summed E-state index contributed by atoms with van der Waals surface area (Å²) in [6.45, 7) is -0.0748. The molecular weight excluding hydrogens is 354 g/mol. The number of carbonyl (C=O) groups excluding carboxylic acids is 1. The Hall–Kier alpha value is -2.84. The van der Waals surface area contributed by atoms with Gasteiger partial charge in [-0.2, -0.15) is 0 Å². The number of amides is 1. The van der Waals surface area contributed by atoms with Crippen LogP contribution in [-0.2, 0) is 11.4 Å². The maximum atomic E-state index is 12.0. The molecule has 0 bridgehead atoms. The molecule has 134 valence electrons. The predicted molar refractivity (Wildman–Crippen MR) is 98.0 cm³/mol. The Balaban J connectivity index is 1.56. The molecule has 1 heterocycles. The third-order valence-electron chi connectivity index (χ3n) is 3.46. The number of ether oxygens (including phenoxy) is 1. The lowest BCUT2D eigenvalue weighted by Gasteiger charge is -2.05. The highest BCUT2D eigenvalue weighted by atomic mass is 32.2. The van der Waals surface area contributed by atoms with Crippen LogP contribution in [0.25, 0.3) is 11.5 Å². The van der Waals surface area contributed by atoms with E-state index in [4.69, 9.17) is 14.3 Å². The van der Waals surface area contributed by atoms with Crippen molar-refractivity contribution in [2.75, 3.05) is 18.2 Å². The second-order valence-corrected chi connectivity index (χ2v) is 6.22. The molecule has 7 nitrogen and oxygen atoms in total. The molecule has 8 heteroatoms. The number of nitrogens with zero attached hydrogens (tertiary/aromatic N) is 2. The quantitative estimate of drug-likeness (QED) is 0.616. The largest absolute Gasteiger partial charge is 0.497 e. The van der Waals surface area contributed by atoms with Crippen LogP contribution in [0, 0.1) is 0 Å². The molecule has 0 saturated heterocycles. The minimum absolute atomic E-state index is 0.0748.